The van der Waals surface area contributed by atoms with Gasteiger partial charge in [0.2, 0.25) is 0 Å². The molecule has 12 rings (SSSR count). The van der Waals surface area contributed by atoms with E-state index in [4.69, 9.17) is 19.4 Å². The molecule has 0 N–H and O–H groups in total. The Morgan fingerprint density at radius 2 is 0.983 bits per heavy atom. The molecule has 0 bridgehead atoms. The summed E-state index contributed by atoms with van der Waals surface area (Å²) < 4.78 is 8.84. The highest BCUT2D eigenvalue weighted by Gasteiger charge is 2.19. The molecular weight excluding hydrogens is 727 g/mol. The Balaban J connectivity index is 1.02. The van der Waals surface area contributed by atoms with Gasteiger partial charge in [-0.2, -0.15) is 0 Å². The number of fused-ring (bicyclic) bond motifs is 10. The van der Waals surface area contributed by atoms with Crippen molar-refractivity contribution in [3.05, 3.63) is 188 Å². The lowest BCUT2D eigenvalue weighted by Gasteiger charge is -2.15. The number of para-hydroxylation sites is 2. The van der Waals surface area contributed by atoms with Crippen LogP contribution in [0.25, 0.3) is 120 Å². The van der Waals surface area contributed by atoms with Crippen molar-refractivity contribution in [2.75, 3.05) is 0 Å². The molecule has 0 aliphatic carbocycles. The smallest absolute Gasteiger partial charge is 0.160 e. The van der Waals surface area contributed by atoms with Crippen LogP contribution in [0, 0.1) is 0 Å². The summed E-state index contributed by atoms with van der Waals surface area (Å²) in [7, 11) is 0. The molecule has 0 saturated carbocycles. The number of benzene rings is 8. The number of hydrogen-bond donors (Lipinski definition) is 0. The average Bonchev–Trinajstić information content (AvgIpc) is 3.87. The molecule has 58 heavy (non-hydrogen) atoms. The first kappa shape index (κ1) is 32.7. The Labute approximate surface area is 337 Å². The largest absolute Gasteiger partial charge is 0.456 e. The third-order valence-corrected chi connectivity index (χ3v) is 12.4. The van der Waals surface area contributed by atoms with E-state index in [0.717, 1.165) is 88.7 Å². The molecule has 0 amide bonds. The number of rotatable bonds is 5. The number of aromatic nitrogens is 3. The molecule has 0 unspecified atom stereocenters. The zero-order valence-corrected chi connectivity index (χ0v) is 31.9. The molecule has 4 heterocycles. The molecule has 0 aliphatic rings. The maximum absolute atomic E-state index is 6.26. The lowest BCUT2D eigenvalue weighted by Crippen LogP contribution is -1.96. The van der Waals surface area contributed by atoms with Gasteiger partial charge in [0.05, 0.1) is 22.6 Å². The summed E-state index contributed by atoms with van der Waals surface area (Å²) in [5.41, 5.74) is 11.6. The van der Waals surface area contributed by atoms with E-state index in [1.165, 1.54) is 25.6 Å². The minimum Gasteiger partial charge on any atom is -0.456 e. The molecular formula is C53H31N3OS. The molecule has 5 heteroatoms. The highest BCUT2D eigenvalue weighted by molar-refractivity contribution is 7.26. The summed E-state index contributed by atoms with van der Waals surface area (Å²) in [6, 6.07) is 66.0. The van der Waals surface area contributed by atoms with Crippen molar-refractivity contribution in [3.8, 4) is 56.3 Å². The normalized spacial score (nSPS) is 11.8. The molecule has 0 atom stereocenters. The number of pyridine rings is 1. The molecule has 0 saturated heterocycles. The van der Waals surface area contributed by atoms with Crippen molar-refractivity contribution in [1.82, 2.24) is 15.0 Å². The molecule has 0 radical (unpaired) electrons. The van der Waals surface area contributed by atoms with Crippen LogP contribution < -0.4 is 0 Å². The molecule has 0 spiro atoms. The van der Waals surface area contributed by atoms with Crippen molar-refractivity contribution in [2.45, 2.75) is 0 Å². The number of thiophene rings is 1. The van der Waals surface area contributed by atoms with Crippen LogP contribution in [0.3, 0.4) is 0 Å². The average molecular weight is 758 g/mol. The van der Waals surface area contributed by atoms with Crippen molar-refractivity contribution >= 4 is 75.1 Å². The molecule has 270 valence electrons. The molecule has 4 nitrogen and oxygen atoms in total. The summed E-state index contributed by atoms with van der Waals surface area (Å²) in [6.07, 6.45) is 0. The second kappa shape index (κ2) is 13.1. The Morgan fingerprint density at radius 3 is 1.79 bits per heavy atom. The number of hydrogen-bond acceptors (Lipinski definition) is 5. The van der Waals surface area contributed by atoms with Gasteiger partial charge in [-0.1, -0.05) is 152 Å². The van der Waals surface area contributed by atoms with E-state index in [2.05, 4.69) is 152 Å². The maximum atomic E-state index is 6.26. The lowest BCUT2D eigenvalue weighted by atomic mass is 9.93. The zero-order valence-electron chi connectivity index (χ0n) is 31.1. The first-order valence-electron chi connectivity index (χ1n) is 19.4. The predicted octanol–water partition coefficient (Wildman–Crippen LogP) is 14.8. The second-order valence-corrected chi connectivity index (χ2v) is 15.8. The standard InChI is InChI=1S/C53H31N3OS/c1-3-12-33(13-4-1)43-31-44(55-53(54-43)36-26-27-39-38-16-7-9-20-45(38)57-46(39)30-36)34-24-22-32(23-25-34)37-18-11-19-41-49-42(51(56-52(37)41)35-14-5-2-6-15-35)28-29-48-50(49)40-17-8-10-21-47(40)58-48/h1-31H. The monoisotopic (exact) mass is 757 g/mol. The highest BCUT2D eigenvalue weighted by Crippen LogP contribution is 2.45. The zero-order chi connectivity index (χ0) is 38.2. The van der Waals surface area contributed by atoms with E-state index in [9.17, 15) is 0 Å². The number of nitrogens with zero attached hydrogens (tertiary/aromatic N) is 3. The van der Waals surface area contributed by atoms with Gasteiger partial charge < -0.3 is 4.42 Å². The van der Waals surface area contributed by atoms with Crippen LogP contribution in [0.4, 0.5) is 0 Å². The SMILES string of the molecule is c1ccc(-c2cc(-c3ccc(-c4cccc5c4nc(-c4ccccc4)c4ccc6sc7ccccc7c6c45)cc3)nc(-c3ccc4c(c3)oc3ccccc34)n2)cc1. The third-order valence-electron chi connectivity index (χ3n) is 11.3. The Bertz CT molecular complexity index is 3550. The second-order valence-electron chi connectivity index (χ2n) is 14.7. The van der Waals surface area contributed by atoms with Gasteiger partial charge in [0.15, 0.2) is 5.82 Å². The Morgan fingerprint density at radius 1 is 0.362 bits per heavy atom. The van der Waals surface area contributed by atoms with E-state index in [1.54, 1.807) is 0 Å². The summed E-state index contributed by atoms with van der Waals surface area (Å²) >= 11 is 1.85. The topological polar surface area (TPSA) is 51.8 Å². The molecule has 8 aromatic carbocycles. The first-order valence-corrected chi connectivity index (χ1v) is 20.2. The quantitative estimate of drug-likeness (QED) is 0.164. The fourth-order valence-corrected chi connectivity index (χ4v) is 9.66. The van der Waals surface area contributed by atoms with Crippen LogP contribution in [-0.2, 0) is 0 Å². The van der Waals surface area contributed by atoms with Crippen LogP contribution in [0.5, 0.6) is 0 Å². The van der Waals surface area contributed by atoms with E-state index in [-0.39, 0.29) is 0 Å². The van der Waals surface area contributed by atoms with Gasteiger partial charge in [0.25, 0.3) is 0 Å². The van der Waals surface area contributed by atoms with Crippen LogP contribution in [0.2, 0.25) is 0 Å². The van der Waals surface area contributed by atoms with Gasteiger partial charge >= 0.3 is 0 Å². The van der Waals surface area contributed by atoms with Gasteiger partial charge in [0.1, 0.15) is 11.2 Å². The predicted molar refractivity (Wildman–Crippen MR) is 242 cm³/mol. The first-order chi connectivity index (χ1) is 28.7. The van der Waals surface area contributed by atoms with E-state index in [0.29, 0.717) is 5.82 Å². The fraction of sp³-hybridized carbons (Fsp3) is 0. The van der Waals surface area contributed by atoms with Crippen LogP contribution in [-0.4, -0.2) is 15.0 Å². The van der Waals surface area contributed by atoms with Crippen molar-refractivity contribution < 1.29 is 4.42 Å². The van der Waals surface area contributed by atoms with Crippen molar-refractivity contribution in [3.63, 3.8) is 0 Å². The Kier molecular flexibility index (Phi) is 7.37. The maximum Gasteiger partial charge on any atom is 0.160 e. The summed E-state index contributed by atoms with van der Waals surface area (Å²) in [6.45, 7) is 0. The van der Waals surface area contributed by atoms with Crippen LogP contribution >= 0.6 is 11.3 Å². The summed E-state index contributed by atoms with van der Waals surface area (Å²) in [5, 5.41) is 8.32. The van der Waals surface area contributed by atoms with E-state index < -0.39 is 0 Å². The van der Waals surface area contributed by atoms with Crippen molar-refractivity contribution in [1.29, 1.82) is 0 Å². The van der Waals surface area contributed by atoms with Gasteiger partial charge in [-0.15, -0.1) is 11.3 Å². The Hall–Kier alpha value is -7.47. The molecule has 0 fully saturated rings. The fourth-order valence-electron chi connectivity index (χ4n) is 8.55. The lowest BCUT2D eigenvalue weighted by molar-refractivity contribution is 0.669. The van der Waals surface area contributed by atoms with Crippen LogP contribution in [0.15, 0.2) is 192 Å². The van der Waals surface area contributed by atoms with Crippen molar-refractivity contribution in [2.24, 2.45) is 0 Å². The van der Waals surface area contributed by atoms with Gasteiger partial charge in [0, 0.05) is 74.9 Å². The molecule has 4 aromatic heterocycles. The minimum absolute atomic E-state index is 0.647. The number of furan rings is 1. The molecule has 0 aliphatic heterocycles. The van der Waals surface area contributed by atoms with Gasteiger partial charge in [-0.25, -0.2) is 15.0 Å². The summed E-state index contributed by atoms with van der Waals surface area (Å²) in [4.78, 5) is 15.8. The van der Waals surface area contributed by atoms with Gasteiger partial charge in [-0.3, -0.25) is 0 Å². The molecule has 12 aromatic rings. The van der Waals surface area contributed by atoms with E-state index in [1.807, 2.05) is 47.7 Å². The third kappa shape index (κ3) is 5.25. The minimum atomic E-state index is 0.647. The van der Waals surface area contributed by atoms with E-state index >= 15 is 0 Å². The van der Waals surface area contributed by atoms with Crippen LogP contribution in [0.1, 0.15) is 0 Å². The highest BCUT2D eigenvalue weighted by atomic mass is 32.1. The summed E-state index contributed by atoms with van der Waals surface area (Å²) in [5.74, 6) is 0.647. The van der Waals surface area contributed by atoms with Gasteiger partial charge in [-0.05, 0) is 42.0 Å².